The Morgan fingerprint density at radius 1 is 1.30 bits per heavy atom. The molecule has 0 amide bonds. The number of carbonyl (C=O) groups excluding carboxylic acids is 1. The average molecular weight is 359 g/mol. The quantitative estimate of drug-likeness (QED) is 0.661. The van der Waals surface area contributed by atoms with Crippen LogP contribution in [-0.4, -0.2) is 5.97 Å². The predicted molar refractivity (Wildman–Crippen MR) is 79.1 cm³/mol. The zero-order valence-electron chi connectivity index (χ0n) is 10.2. The monoisotopic (exact) mass is 357 g/mol. The van der Waals surface area contributed by atoms with Gasteiger partial charge in [0.1, 0.15) is 12.4 Å². The molecule has 6 heteroatoms. The molecule has 0 aromatic heterocycles. The van der Waals surface area contributed by atoms with E-state index >= 15 is 0 Å². The van der Waals surface area contributed by atoms with Gasteiger partial charge in [-0.2, -0.15) is 0 Å². The molecule has 0 saturated carbocycles. The van der Waals surface area contributed by atoms with Crippen LogP contribution in [0.3, 0.4) is 0 Å². The number of nitrogens with two attached hydrogens (primary N) is 1. The van der Waals surface area contributed by atoms with Crippen molar-refractivity contribution in [2.75, 3.05) is 5.73 Å². The maximum absolute atomic E-state index is 12.9. The lowest BCUT2D eigenvalue weighted by Gasteiger charge is -2.08. The zero-order valence-corrected chi connectivity index (χ0v) is 12.5. The Labute approximate surface area is 128 Å². The summed E-state index contributed by atoms with van der Waals surface area (Å²) in [5.41, 5.74) is 6.92. The number of halogens is 3. The zero-order chi connectivity index (χ0) is 14.7. The molecule has 0 atom stereocenters. The van der Waals surface area contributed by atoms with Crippen molar-refractivity contribution in [1.82, 2.24) is 0 Å². The molecule has 2 N–H and O–H groups in total. The first kappa shape index (κ1) is 14.8. The molecule has 0 aliphatic rings. The molecule has 0 bridgehead atoms. The predicted octanol–water partition coefficient (Wildman–Crippen LogP) is 4.18. The molecule has 104 valence electrons. The Morgan fingerprint density at radius 2 is 2.05 bits per heavy atom. The highest BCUT2D eigenvalue weighted by Crippen LogP contribution is 2.21. The number of hydrogen-bond acceptors (Lipinski definition) is 3. The molecule has 2 aromatic carbocycles. The number of benzene rings is 2. The minimum Gasteiger partial charge on any atom is -0.457 e. The summed E-state index contributed by atoms with van der Waals surface area (Å²) >= 11 is 9.02. The second-order valence-corrected chi connectivity index (χ2v) is 5.38. The molecule has 2 aromatic rings. The minimum atomic E-state index is -0.546. The van der Waals surface area contributed by atoms with E-state index in [9.17, 15) is 9.18 Å². The van der Waals surface area contributed by atoms with Crippen LogP contribution in [0.5, 0.6) is 0 Å². The summed E-state index contributed by atoms with van der Waals surface area (Å²) < 4.78 is 18.6. The lowest BCUT2D eigenvalue weighted by molar-refractivity contribution is 0.0472. The molecule has 0 spiro atoms. The van der Waals surface area contributed by atoms with E-state index in [0.29, 0.717) is 20.7 Å². The van der Waals surface area contributed by atoms with Crippen LogP contribution < -0.4 is 5.73 Å². The number of nitrogen functional groups attached to an aromatic ring is 1. The second kappa shape index (κ2) is 6.24. The average Bonchev–Trinajstić information content (AvgIpc) is 2.36. The molecule has 0 heterocycles. The summed E-state index contributed by atoms with van der Waals surface area (Å²) in [5.74, 6) is -0.912. The molecule has 0 fully saturated rings. The maximum atomic E-state index is 12.9. The van der Waals surface area contributed by atoms with Gasteiger partial charge in [0.25, 0.3) is 0 Å². The van der Waals surface area contributed by atoms with E-state index in [4.69, 9.17) is 22.1 Å². The molecule has 0 aliphatic carbocycles. The molecule has 0 unspecified atom stereocenters. The number of anilines is 1. The Morgan fingerprint density at radius 3 is 2.70 bits per heavy atom. The normalized spacial score (nSPS) is 10.3. The van der Waals surface area contributed by atoms with Gasteiger partial charge in [0.2, 0.25) is 0 Å². The smallest absolute Gasteiger partial charge is 0.338 e. The van der Waals surface area contributed by atoms with Gasteiger partial charge in [0, 0.05) is 20.7 Å². The molecular weight excluding hydrogens is 349 g/mol. The van der Waals surface area contributed by atoms with Crippen molar-refractivity contribution in [3.05, 3.63) is 62.8 Å². The van der Waals surface area contributed by atoms with E-state index in [1.807, 2.05) is 0 Å². The summed E-state index contributed by atoms with van der Waals surface area (Å²) in [5, 5.41) is 0.361. The van der Waals surface area contributed by atoms with Crippen LogP contribution in [0.25, 0.3) is 0 Å². The van der Waals surface area contributed by atoms with Crippen LogP contribution in [0.2, 0.25) is 5.02 Å². The second-order valence-electron chi connectivity index (χ2n) is 4.09. The SMILES string of the molecule is Nc1cc(Cl)cc(C(=O)OCc2ccc(F)cc2Br)c1. The number of ether oxygens (including phenoxy) is 1. The summed E-state index contributed by atoms with van der Waals surface area (Å²) in [4.78, 5) is 11.9. The maximum Gasteiger partial charge on any atom is 0.338 e. The van der Waals surface area contributed by atoms with Gasteiger partial charge in [-0.1, -0.05) is 33.6 Å². The van der Waals surface area contributed by atoms with E-state index in [-0.39, 0.29) is 18.0 Å². The van der Waals surface area contributed by atoms with Crippen LogP contribution >= 0.6 is 27.5 Å². The van der Waals surface area contributed by atoms with E-state index in [1.165, 1.54) is 30.3 Å². The van der Waals surface area contributed by atoms with Crippen LogP contribution in [0.15, 0.2) is 40.9 Å². The van der Waals surface area contributed by atoms with Crippen molar-refractivity contribution >= 4 is 39.2 Å². The van der Waals surface area contributed by atoms with Crippen LogP contribution in [0.4, 0.5) is 10.1 Å². The highest BCUT2D eigenvalue weighted by atomic mass is 79.9. The summed E-state index contributed by atoms with van der Waals surface area (Å²) in [7, 11) is 0. The Balaban J connectivity index is 2.08. The van der Waals surface area contributed by atoms with Crippen molar-refractivity contribution in [3.8, 4) is 0 Å². The van der Waals surface area contributed by atoms with Crippen LogP contribution in [0, 0.1) is 5.82 Å². The molecule has 0 aliphatic heterocycles. The van der Waals surface area contributed by atoms with Gasteiger partial charge >= 0.3 is 5.97 Å². The van der Waals surface area contributed by atoms with Crippen molar-refractivity contribution in [2.24, 2.45) is 0 Å². The third-order valence-corrected chi connectivity index (χ3v) is 3.49. The van der Waals surface area contributed by atoms with E-state index in [0.717, 1.165) is 0 Å². The Kier molecular flexibility index (Phi) is 4.62. The van der Waals surface area contributed by atoms with Gasteiger partial charge in [0.05, 0.1) is 5.56 Å². The fourth-order valence-corrected chi connectivity index (χ4v) is 2.30. The van der Waals surface area contributed by atoms with Crippen LogP contribution in [-0.2, 0) is 11.3 Å². The fourth-order valence-electron chi connectivity index (χ4n) is 1.60. The molecule has 3 nitrogen and oxygen atoms in total. The number of rotatable bonds is 3. The third kappa shape index (κ3) is 3.71. The molecule has 0 saturated heterocycles. The van der Waals surface area contributed by atoms with Crippen molar-refractivity contribution in [2.45, 2.75) is 6.61 Å². The van der Waals surface area contributed by atoms with Crippen molar-refractivity contribution in [1.29, 1.82) is 0 Å². The summed E-state index contributed by atoms with van der Waals surface area (Å²) in [6.45, 7) is 0.0200. The van der Waals surface area contributed by atoms with Gasteiger partial charge < -0.3 is 10.5 Å². The molecule has 0 radical (unpaired) electrons. The molecule has 2 rings (SSSR count). The Hall–Kier alpha value is -1.59. The lowest BCUT2D eigenvalue weighted by atomic mass is 10.2. The van der Waals surface area contributed by atoms with E-state index in [1.54, 1.807) is 6.07 Å². The highest BCUT2D eigenvalue weighted by molar-refractivity contribution is 9.10. The first-order valence-corrected chi connectivity index (χ1v) is 6.80. The summed E-state index contributed by atoms with van der Waals surface area (Å²) in [6, 6.07) is 8.63. The summed E-state index contributed by atoms with van der Waals surface area (Å²) in [6.07, 6.45) is 0. The van der Waals surface area contributed by atoms with Crippen molar-refractivity contribution in [3.63, 3.8) is 0 Å². The van der Waals surface area contributed by atoms with Gasteiger partial charge in [0.15, 0.2) is 0 Å². The lowest BCUT2D eigenvalue weighted by Crippen LogP contribution is -2.06. The fraction of sp³-hybridized carbons (Fsp3) is 0.0714. The number of hydrogen-bond donors (Lipinski definition) is 1. The third-order valence-electron chi connectivity index (χ3n) is 2.53. The van der Waals surface area contributed by atoms with Crippen LogP contribution in [0.1, 0.15) is 15.9 Å². The number of esters is 1. The first-order valence-electron chi connectivity index (χ1n) is 5.63. The topological polar surface area (TPSA) is 52.3 Å². The van der Waals surface area contributed by atoms with Gasteiger partial charge in [-0.05, 0) is 30.3 Å². The highest BCUT2D eigenvalue weighted by Gasteiger charge is 2.10. The molecule has 20 heavy (non-hydrogen) atoms. The largest absolute Gasteiger partial charge is 0.457 e. The first-order chi connectivity index (χ1) is 9.45. The standard InChI is InChI=1S/C14H10BrClFNO2/c15-13-6-11(17)2-1-8(13)7-20-14(19)9-3-10(16)5-12(18)4-9/h1-6H,7,18H2. The minimum absolute atomic E-state index is 0.0200. The van der Waals surface area contributed by atoms with Gasteiger partial charge in [-0.3, -0.25) is 0 Å². The van der Waals surface area contributed by atoms with Gasteiger partial charge in [-0.15, -0.1) is 0 Å². The number of carbonyl (C=O) groups is 1. The van der Waals surface area contributed by atoms with E-state index < -0.39 is 5.97 Å². The van der Waals surface area contributed by atoms with Crippen molar-refractivity contribution < 1.29 is 13.9 Å². The van der Waals surface area contributed by atoms with Gasteiger partial charge in [-0.25, -0.2) is 9.18 Å². The van der Waals surface area contributed by atoms with E-state index in [2.05, 4.69) is 15.9 Å². The Bertz CT molecular complexity index is 643. The molecular formula is C14H10BrClFNO2.